The summed E-state index contributed by atoms with van der Waals surface area (Å²) < 4.78 is 24.4. The average molecular weight is 1230 g/mol. The number of nitrogens with two attached hydrogens (primary N) is 1. The Morgan fingerprint density at radius 2 is 1.34 bits per heavy atom. The van der Waals surface area contributed by atoms with Crippen LogP contribution in [0.2, 0.25) is 0 Å². The molecule has 2 bridgehead atoms. The lowest BCUT2D eigenvalue weighted by atomic mass is 9.82. The standard InChI is InChI=1S/C66H94N4O18/c1-41-19-15-13-11-9-7-5-6-8-10-12-14-16-21-54(86-65-62(82)60(67)61(81)43(3)85-65)38-57-59(64(83)70-30-28-46-20-17-18-29-69-46)56(79)40-66(84,88-57)39-53(77)35-51(75)33-49(73)31-48(72)32-50(74)34-52(76)37-58(80)87-63(41)42(2)22-27-47(71)36-55(78)44-23-25-45(68-4)26-24-44/h5-21,23-26,29,41-43,47-49,51-54,56-57,59-63,65,68,71-73,75-77,79,81-82,84H,22,27-28,30-40,67H2,1-4H3,(H,70,83)/b6-5+,9-7+,10-8+,13-11+,14-12+,19-15+,21-16+/t41?,42?,43-,47?,48?,49?,51?,52?,53?,54?,56?,57?,59?,60+,61-,62+,63?,65+,66?/m1/s1. The van der Waals surface area contributed by atoms with Crippen molar-refractivity contribution < 1.29 is 89.2 Å². The van der Waals surface area contributed by atoms with Gasteiger partial charge in [0.15, 0.2) is 17.9 Å². The normalized spacial score (nSPS) is 35.6. The fourth-order valence-corrected chi connectivity index (χ4v) is 11.1. The Kier molecular flexibility index (Phi) is 30.8. The van der Waals surface area contributed by atoms with E-state index in [9.17, 15) is 70.2 Å². The van der Waals surface area contributed by atoms with Crippen LogP contribution in [0.15, 0.2) is 134 Å². The van der Waals surface area contributed by atoms with Crippen molar-refractivity contribution in [2.45, 2.75) is 202 Å². The number of hydrogen-bond acceptors (Lipinski definition) is 21. The average Bonchev–Trinajstić information content (AvgIpc) is 0.946. The Balaban J connectivity index is 1.35. The van der Waals surface area contributed by atoms with Crippen LogP contribution in [0.3, 0.4) is 0 Å². The van der Waals surface area contributed by atoms with Crippen LogP contribution in [0, 0.1) is 17.8 Å². The van der Waals surface area contributed by atoms with E-state index in [0.717, 1.165) is 5.69 Å². The number of carbonyl (C=O) groups excluding carboxylic acids is 4. The number of aliphatic hydroxyl groups excluding tert-OH is 9. The summed E-state index contributed by atoms with van der Waals surface area (Å²) in [5.74, 6) is -6.57. The van der Waals surface area contributed by atoms with E-state index in [1.807, 2.05) is 19.9 Å². The molecule has 0 radical (unpaired) electrons. The molecule has 1 aromatic heterocycles. The van der Waals surface area contributed by atoms with Crippen LogP contribution < -0.4 is 16.4 Å². The predicted molar refractivity (Wildman–Crippen MR) is 328 cm³/mol. The van der Waals surface area contributed by atoms with E-state index < -0.39 is 160 Å². The van der Waals surface area contributed by atoms with Gasteiger partial charge in [-0.15, -0.1) is 0 Å². The lowest BCUT2D eigenvalue weighted by Crippen LogP contribution is -2.62. The molecule has 0 saturated carbocycles. The number of fused-ring (bicyclic) bond motifs is 2. The number of ether oxygens (including phenoxy) is 4. The number of nitrogens with one attached hydrogen (secondary N) is 2. The fraction of sp³-hybridized carbons (Fsp3) is 0.561. The third-order valence-electron chi connectivity index (χ3n) is 15.8. The number of nitrogens with zero attached hydrogens (tertiary/aromatic N) is 1. The minimum Gasteiger partial charge on any atom is -0.461 e. The molecule has 3 aliphatic heterocycles. The quantitative estimate of drug-likeness (QED) is 0.0952. The molecule has 2 fully saturated rings. The molecule has 22 nitrogen and oxygen atoms in total. The first-order valence-electron chi connectivity index (χ1n) is 30.4. The van der Waals surface area contributed by atoms with Gasteiger partial charge in [-0.3, -0.25) is 24.2 Å². The summed E-state index contributed by atoms with van der Waals surface area (Å²) in [7, 11) is 1.77. The van der Waals surface area contributed by atoms with Crippen molar-refractivity contribution in [3.63, 3.8) is 0 Å². The first-order chi connectivity index (χ1) is 41.9. The summed E-state index contributed by atoms with van der Waals surface area (Å²) in [6.45, 7) is 5.39. The smallest absolute Gasteiger partial charge is 0.308 e. The molecule has 0 spiro atoms. The first-order valence-corrected chi connectivity index (χ1v) is 30.4. The largest absolute Gasteiger partial charge is 0.461 e. The summed E-state index contributed by atoms with van der Waals surface area (Å²) in [6.07, 6.45) is 4.97. The van der Waals surface area contributed by atoms with Crippen molar-refractivity contribution in [2.24, 2.45) is 23.5 Å². The monoisotopic (exact) mass is 1230 g/mol. The lowest BCUT2D eigenvalue weighted by molar-refractivity contribution is -0.307. The number of carbonyl (C=O) groups is 4. The summed E-state index contributed by atoms with van der Waals surface area (Å²) in [5, 5.41) is 117. The van der Waals surface area contributed by atoms with Gasteiger partial charge in [-0.25, -0.2) is 0 Å². The Morgan fingerprint density at radius 1 is 0.739 bits per heavy atom. The van der Waals surface area contributed by atoms with Crippen LogP contribution in [-0.2, 0) is 39.8 Å². The van der Waals surface area contributed by atoms with Gasteiger partial charge < -0.3 is 86.4 Å². The Labute approximate surface area is 515 Å². The van der Waals surface area contributed by atoms with Crippen LogP contribution in [0.25, 0.3) is 0 Å². The number of rotatable bonds is 14. The number of aliphatic hydroxyl groups is 10. The third kappa shape index (κ3) is 25.2. The van der Waals surface area contributed by atoms with Crippen LogP contribution in [0.1, 0.15) is 114 Å². The maximum atomic E-state index is 14.0. The van der Waals surface area contributed by atoms with Gasteiger partial charge in [-0.05, 0) is 81.3 Å². The topological polar surface area (TPSA) is 370 Å². The zero-order valence-corrected chi connectivity index (χ0v) is 50.8. The van der Waals surface area contributed by atoms with Gasteiger partial charge in [0, 0.05) is 87.6 Å². The van der Waals surface area contributed by atoms with Crippen molar-refractivity contribution in [2.75, 3.05) is 18.9 Å². The van der Waals surface area contributed by atoms with Gasteiger partial charge in [-0.2, -0.15) is 0 Å². The van der Waals surface area contributed by atoms with Gasteiger partial charge in [-0.1, -0.05) is 105 Å². The van der Waals surface area contributed by atoms with Crippen molar-refractivity contribution in [3.05, 3.63) is 145 Å². The molecular weight excluding hydrogens is 1140 g/mol. The van der Waals surface area contributed by atoms with Gasteiger partial charge in [0.2, 0.25) is 5.91 Å². The molecule has 2 aromatic rings. The Morgan fingerprint density at radius 3 is 1.97 bits per heavy atom. The highest BCUT2D eigenvalue weighted by Crippen LogP contribution is 2.38. The Bertz CT molecular complexity index is 2670. The maximum Gasteiger partial charge on any atom is 0.308 e. The predicted octanol–water partition coefficient (Wildman–Crippen LogP) is 3.42. The van der Waals surface area contributed by atoms with Gasteiger partial charge >= 0.3 is 5.97 Å². The number of pyridine rings is 1. The van der Waals surface area contributed by atoms with Gasteiger partial charge in [0.1, 0.15) is 18.0 Å². The highest BCUT2D eigenvalue weighted by atomic mass is 16.7. The van der Waals surface area contributed by atoms with E-state index in [0.29, 0.717) is 24.1 Å². The second kappa shape index (κ2) is 37.3. The van der Waals surface area contributed by atoms with Crippen molar-refractivity contribution in [1.82, 2.24) is 10.3 Å². The molecule has 14 N–H and O–H groups in total. The second-order valence-corrected chi connectivity index (χ2v) is 23.4. The number of amides is 1. The zero-order valence-electron chi connectivity index (χ0n) is 50.8. The van der Waals surface area contributed by atoms with Crippen molar-refractivity contribution in [1.29, 1.82) is 0 Å². The van der Waals surface area contributed by atoms with E-state index in [2.05, 4.69) is 15.6 Å². The number of allylic oxidation sites excluding steroid dienone is 12. The maximum absolute atomic E-state index is 14.0. The molecule has 19 atom stereocenters. The molecule has 1 amide bonds. The molecule has 3 aliphatic rings. The highest BCUT2D eigenvalue weighted by Gasteiger charge is 2.51. The summed E-state index contributed by atoms with van der Waals surface area (Å²) in [5.41, 5.74) is 8.16. The summed E-state index contributed by atoms with van der Waals surface area (Å²) in [4.78, 5) is 57.7. The zero-order chi connectivity index (χ0) is 64.3. The second-order valence-electron chi connectivity index (χ2n) is 23.4. The molecule has 1 aromatic carbocycles. The number of Topliss-reactive ketones (excluding diaryl/α,β-unsaturated/α-hetero) is 2. The molecule has 486 valence electrons. The van der Waals surface area contributed by atoms with Crippen molar-refractivity contribution >= 4 is 29.1 Å². The molecule has 22 heteroatoms. The van der Waals surface area contributed by atoms with Gasteiger partial charge in [0.05, 0.1) is 85.5 Å². The number of aromatic nitrogens is 1. The van der Waals surface area contributed by atoms with E-state index in [-0.39, 0.29) is 56.3 Å². The molecule has 5 rings (SSSR count). The van der Waals surface area contributed by atoms with E-state index in [1.165, 1.54) is 0 Å². The molecular formula is C66H94N4O18. The number of benzene rings is 1. The fourth-order valence-electron chi connectivity index (χ4n) is 11.1. The van der Waals surface area contributed by atoms with Crippen LogP contribution in [0.4, 0.5) is 5.69 Å². The van der Waals surface area contributed by atoms with E-state index in [4.69, 9.17) is 24.7 Å². The highest BCUT2D eigenvalue weighted by molar-refractivity contribution is 5.96. The third-order valence-corrected chi connectivity index (χ3v) is 15.8. The van der Waals surface area contributed by atoms with E-state index in [1.54, 1.807) is 142 Å². The van der Waals surface area contributed by atoms with Crippen LogP contribution >= 0.6 is 0 Å². The van der Waals surface area contributed by atoms with Crippen LogP contribution in [0.5, 0.6) is 0 Å². The van der Waals surface area contributed by atoms with Crippen LogP contribution in [-0.4, -0.2) is 191 Å². The minimum absolute atomic E-state index is 0.105. The van der Waals surface area contributed by atoms with Crippen molar-refractivity contribution in [3.8, 4) is 0 Å². The Hall–Kier alpha value is -5.93. The number of hydrogen-bond donors (Lipinski definition) is 13. The molecule has 88 heavy (non-hydrogen) atoms. The molecule has 2 saturated heterocycles. The molecule has 14 unspecified atom stereocenters. The van der Waals surface area contributed by atoms with Gasteiger partial charge in [0.25, 0.3) is 0 Å². The summed E-state index contributed by atoms with van der Waals surface area (Å²) >= 11 is 0. The van der Waals surface area contributed by atoms with E-state index >= 15 is 0 Å². The minimum atomic E-state index is -2.30. The lowest BCUT2D eigenvalue weighted by Gasteiger charge is -2.46. The number of esters is 1. The molecule has 0 aliphatic carbocycles. The number of ketones is 2. The molecule has 4 heterocycles. The number of anilines is 1. The summed E-state index contributed by atoms with van der Waals surface area (Å²) in [6, 6.07) is 11.1. The number of cyclic esters (lactones) is 1. The SMILES string of the molecule is CNc1ccc(C(=O)CC(O)CCC(C)C2OC(=O)CC(O)CC(=O)CC(O)CC(O)CC(O)CC(O)CC3(O)CC(O)C(C(=O)NCCc4ccccn4)C(CC(O[C@@H]4O[C@H](C)[C@@H](O)[C@H](N)[C@@H]4O)/C=C/C=C/C=C/C=C/C=C/C=C/C=C/C2C)O3)cc1. The first kappa shape index (κ1) is 72.8.